The maximum absolute atomic E-state index is 5.28. The maximum atomic E-state index is 5.28. The van der Waals surface area contributed by atoms with Crippen LogP contribution < -0.4 is 9.47 Å². The molecule has 1 aromatic carbocycles. The zero-order valence-corrected chi connectivity index (χ0v) is 12.6. The molecule has 5 nitrogen and oxygen atoms in total. The number of benzene rings is 1. The second-order valence-corrected chi connectivity index (χ2v) is 5.03. The zero-order chi connectivity index (χ0) is 14.1. The summed E-state index contributed by atoms with van der Waals surface area (Å²) < 4.78 is 13.4. The van der Waals surface area contributed by atoms with Gasteiger partial charge >= 0.3 is 0 Å². The van der Waals surface area contributed by atoms with E-state index in [2.05, 4.69) is 26.1 Å². The molecular weight excluding hydrogens is 322 g/mol. The number of nitrogens with zero attached hydrogens (tertiary/aromatic N) is 3. The Morgan fingerprint density at radius 2 is 1.75 bits per heavy atom. The highest BCUT2D eigenvalue weighted by Gasteiger charge is 2.12. The molecule has 102 valence electrons. The lowest BCUT2D eigenvalue weighted by Gasteiger charge is -2.07. The van der Waals surface area contributed by atoms with E-state index in [1.54, 1.807) is 14.2 Å². The average Bonchev–Trinajstić information content (AvgIpc) is 2.92. The van der Waals surface area contributed by atoms with Crippen LogP contribution in [0.1, 0.15) is 0 Å². The van der Waals surface area contributed by atoms with Crippen molar-refractivity contribution in [1.29, 1.82) is 0 Å². The molecule has 0 saturated carbocycles. The molecule has 0 radical (unpaired) electrons. The zero-order valence-electron chi connectivity index (χ0n) is 11.0. The second kappa shape index (κ2) is 5.13. The fraction of sp³-hybridized carbons (Fsp3) is 0.143. The number of halogens is 1. The van der Waals surface area contributed by atoms with Crippen molar-refractivity contribution in [3.8, 4) is 22.9 Å². The van der Waals surface area contributed by atoms with Crippen LogP contribution in [0.2, 0.25) is 0 Å². The molecule has 0 aliphatic heterocycles. The summed E-state index contributed by atoms with van der Waals surface area (Å²) in [5.41, 5.74) is 1.65. The summed E-state index contributed by atoms with van der Waals surface area (Å²) in [6.45, 7) is 0. The first kappa shape index (κ1) is 12.9. The third-order valence-electron chi connectivity index (χ3n) is 3.00. The standard InChI is InChI=1S/C14H12BrN3O2/c1-19-10-6-9(7-11(8-10)20-2)13-16-17-14-12(15)4-3-5-18(13)14/h3-8H,1-2H3. The highest BCUT2D eigenvalue weighted by Crippen LogP contribution is 2.29. The molecule has 0 saturated heterocycles. The van der Waals surface area contributed by atoms with E-state index >= 15 is 0 Å². The van der Waals surface area contributed by atoms with Gasteiger partial charge < -0.3 is 9.47 Å². The first-order chi connectivity index (χ1) is 9.72. The summed E-state index contributed by atoms with van der Waals surface area (Å²) in [6.07, 6.45) is 1.92. The van der Waals surface area contributed by atoms with Gasteiger partial charge in [0.05, 0.1) is 18.7 Å². The molecule has 0 fully saturated rings. The molecule has 2 heterocycles. The summed E-state index contributed by atoms with van der Waals surface area (Å²) >= 11 is 3.47. The van der Waals surface area contributed by atoms with E-state index in [1.165, 1.54) is 0 Å². The van der Waals surface area contributed by atoms with Gasteiger partial charge in [-0.05, 0) is 40.2 Å². The summed E-state index contributed by atoms with van der Waals surface area (Å²) in [4.78, 5) is 0. The van der Waals surface area contributed by atoms with E-state index in [-0.39, 0.29) is 0 Å². The molecule has 20 heavy (non-hydrogen) atoms. The van der Waals surface area contributed by atoms with E-state index in [0.717, 1.165) is 21.5 Å². The highest BCUT2D eigenvalue weighted by molar-refractivity contribution is 9.10. The number of aromatic nitrogens is 3. The predicted molar refractivity (Wildman–Crippen MR) is 79.2 cm³/mol. The summed E-state index contributed by atoms with van der Waals surface area (Å²) in [5.74, 6) is 2.16. The third-order valence-corrected chi connectivity index (χ3v) is 3.62. The van der Waals surface area contributed by atoms with Gasteiger partial charge in [0.1, 0.15) is 11.5 Å². The lowest BCUT2D eigenvalue weighted by molar-refractivity contribution is 0.394. The quantitative estimate of drug-likeness (QED) is 0.738. The highest BCUT2D eigenvalue weighted by atomic mass is 79.9. The van der Waals surface area contributed by atoms with Crippen LogP contribution in [0, 0.1) is 0 Å². The summed E-state index contributed by atoms with van der Waals surface area (Å²) in [6, 6.07) is 9.49. The van der Waals surface area contributed by atoms with E-state index in [9.17, 15) is 0 Å². The van der Waals surface area contributed by atoms with Crippen molar-refractivity contribution in [3.05, 3.63) is 41.0 Å². The molecule has 6 heteroatoms. The first-order valence-electron chi connectivity index (χ1n) is 5.95. The Labute approximate surface area is 124 Å². The minimum atomic E-state index is 0.714. The molecule has 0 aliphatic carbocycles. The lowest BCUT2D eigenvalue weighted by atomic mass is 10.2. The Balaban J connectivity index is 2.22. The van der Waals surface area contributed by atoms with Crippen LogP contribution in [0.25, 0.3) is 17.0 Å². The molecule has 2 aromatic heterocycles. The molecule has 3 aromatic rings. The van der Waals surface area contributed by atoms with Crippen LogP contribution in [0.5, 0.6) is 11.5 Å². The molecule has 3 rings (SSSR count). The van der Waals surface area contributed by atoms with E-state index in [1.807, 2.05) is 40.9 Å². The monoisotopic (exact) mass is 333 g/mol. The molecule has 0 aliphatic rings. The van der Waals surface area contributed by atoms with Crippen LogP contribution in [0.4, 0.5) is 0 Å². The molecule has 0 atom stereocenters. The first-order valence-corrected chi connectivity index (χ1v) is 6.75. The Morgan fingerprint density at radius 3 is 2.40 bits per heavy atom. The molecular formula is C14H12BrN3O2. The molecule has 0 spiro atoms. The fourth-order valence-electron chi connectivity index (χ4n) is 2.02. The third kappa shape index (κ3) is 2.12. The number of pyridine rings is 1. The number of fused-ring (bicyclic) bond motifs is 1. The van der Waals surface area contributed by atoms with Gasteiger partial charge in [-0.2, -0.15) is 0 Å². The van der Waals surface area contributed by atoms with Crippen molar-refractivity contribution in [2.75, 3.05) is 14.2 Å². The number of ether oxygens (including phenoxy) is 2. The van der Waals surface area contributed by atoms with Gasteiger partial charge in [0.15, 0.2) is 11.5 Å². The largest absolute Gasteiger partial charge is 0.497 e. The van der Waals surface area contributed by atoms with E-state index < -0.39 is 0 Å². The predicted octanol–water partition coefficient (Wildman–Crippen LogP) is 3.18. The van der Waals surface area contributed by atoms with Crippen molar-refractivity contribution in [1.82, 2.24) is 14.6 Å². The van der Waals surface area contributed by atoms with Gasteiger partial charge in [0.25, 0.3) is 0 Å². The number of methoxy groups -OCH3 is 2. The topological polar surface area (TPSA) is 48.7 Å². The van der Waals surface area contributed by atoms with Crippen molar-refractivity contribution >= 4 is 21.6 Å². The Morgan fingerprint density at radius 1 is 1.05 bits per heavy atom. The van der Waals surface area contributed by atoms with Crippen LogP contribution >= 0.6 is 15.9 Å². The molecule has 0 amide bonds. The van der Waals surface area contributed by atoms with Crippen LogP contribution in [-0.4, -0.2) is 28.8 Å². The Bertz CT molecular complexity index is 748. The van der Waals surface area contributed by atoms with Crippen molar-refractivity contribution in [3.63, 3.8) is 0 Å². The minimum Gasteiger partial charge on any atom is -0.497 e. The van der Waals surface area contributed by atoms with Crippen LogP contribution in [0.3, 0.4) is 0 Å². The van der Waals surface area contributed by atoms with E-state index in [4.69, 9.17) is 9.47 Å². The normalized spacial score (nSPS) is 10.8. The van der Waals surface area contributed by atoms with Crippen molar-refractivity contribution < 1.29 is 9.47 Å². The van der Waals surface area contributed by atoms with Gasteiger partial charge in [-0.25, -0.2) is 0 Å². The number of rotatable bonds is 3. The fourth-order valence-corrected chi connectivity index (χ4v) is 2.44. The van der Waals surface area contributed by atoms with Gasteiger partial charge in [0.2, 0.25) is 0 Å². The smallest absolute Gasteiger partial charge is 0.175 e. The molecule has 0 unspecified atom stereocenters. The second-order valence-electron chi connectivity index (χ2n) is 4.17. The van der Waals surface area contributed by atoms with Crippen molar-refractivity contribution in [2.45, 2.75) is 0 Å². The minimum absolute atomic E-state index is 0.714. The van der Waals surface area contributed by atoms with Gasteiger partial charge in [-0.1, -0.05) is 0 Å². The Hall–Kier alpha value is -2.08. The maximum Gasteiger partial charge on any atom is 0.175 e. The average molecular weight is 334 g/mol. The molecule has 0 bridgehead atoms. The number of hydrogen-bond acceptors (Lipinski definition) is 4. The Kier molecular flexibility index (Phi) is 3.31. The van der Waals surface area contributed by atoms with Crippen LogP contribution in [0.15, 0.2) is 41.0 Å². The SMILES string of the molecule is COc1cc(OC)cc(-c2nnc3c(Br)cccn23)c1. The van der Waals surface area contributed by atoms with Gasteiger partial charge in [0, 0.05) is 17.8 Å². The van der Waals surface area contributed by atoms with Gasteiger partial charge in [-0.3, -0.25) is 4.40 Å². The summed E-state index contributed by atoms with van der Waals surface area (Å²) in [5, 5.41) is 8.44. The van der Waals surface area contributed by atoms with Crippen LogP contribution in [-0.2, 0) is 0 Å². The lowest BCUT2D eigenvalue weighted by Crippen LogP contribution is -1.92. The summed E-state index contributed by atoms with van der Waals surface area (Å²) in [7, 11) is 3.24. The van der Waals surface area contributed by atoms with Gasteiger partial charge in [-0.15, -0.1) is 10.2 Å². The molecule has 0 N–H and O–H groups in total. The van der Waals surface area contributed by atoms with Crippen molar-refractivity contribution in [2.24, 2.45) is 0 Å². The van der Waals surface area contributed by atoms with E-state index in [0.29, 0.717) is 11.5 Å². The number of hydrogen-bond donors (Lipinski definition) is 0.